The van der Waals surface area contributed by atoms with Crippen molar-refractivity contribution in [1.29, 1.82) is 0 Å². The minimum Gasteiger partial charge on any atom is -0.459 e. The highest BCUT2D eigenvalue weighted by molar-refractivity contribution is 7.09. The Hall–Kier alpha value is -2.32. The van der Waals surface area contributed by atoms with Gasteiger partial charge in [0.05, 0.1) is 4.92 Å². The van der Waals surface area contributed by atoms with Crippen LogP contribution in [0.4, 0.5) is 5.69 Å². The summed E-state index contributed by atoms with van der Waals surface area (Å²) < 4.78 is 5.05. The van der Waals surface area contributed by atoms with Crippen LogP contribution >= 0.6 is 11.3 Å². The molecular formula is C12H11N3O4S. The third kappa shape index (κ3) is 3.37. The molecule has 7 nitrogen and oxygen atoms in total. The molecule has 0 bridgehead atoms. The van der Waals surface area contributed by atoms with E-state index in [9.17, 15) is 14.9 Å². The van der Waals surface area contributed by atoms with Crippen LogP contribution in [0.3, 0.4) is 0 Å². The number of carbonyl (C=O) groups excluding carboxylic acids is 1. The maximum atomic E-state index is 11.7. The van der Waals surface area contributed by atoms with Crippen molar-refractivity contribution in [3.63, 3.8) is 0 Å². The largest absolute Gasteiger partial charge is 0.459 e. The third-order valence-electron chi connectivity index (χ3n) is 2.50. The van der Waals surface area contributed by atoms with Gasteiger partial charge in [-0.1, -0.05) is 0 Å². The van der Waals surface area contributed by atoms with E-state index >= 15 is 0 Å². The van der Waals surface area contributed by atoms with Crippen LogP contribution in [0.25, 0.3) is 0 Å². The molecule has 8 heteroatoms. The van der Waals surface area contributed by atoms with Crippen molar-refractivity contribution in [2.24, 2.45) is 5.73 Å². The molecule has 2 N–H and O–H groups in total. The Morgan fingerprint density at radius 2 is 2.15 bits per heavy atom. The predicted molar refractivity (Wildman–Crippen MR) is 71.9 cm³/mol. The van der Waals surface area contributed by atoms with Gasteiger partial charge in [0.15, 0.2) is 6.04 Å². The van der Waals surface area contributed by atoms with Crippen LogP contribution < -0.4 is 5.73 Å². The Labute approximate surface area is 118 Å². The normalized spacial score (nSPS) is 11.8. The van der Waals surface area contributed by atoms with Crippen LogP contribution in [-0.4, -0.2) is 15.9 Å². The number of esters is 1. The van der Waals surface area contributed by atoms with Crippen LogP contribution in [0.15, 0.2) is 35.8 Å². The number of aromatic nitrogens is 1. The van der Waals surface area contributed by atoms with Gasteiger partial charge in [-0.15, -0.1) is 11.3 Å². The van der Waals surface area contributed by atoms with Crippen LogP contribution in [0.5, 0.6) is 0 Å². The lowest BCUT2D eigenvalue weighted by molar-refractivity contribution is -0.384. The molecule has 104 valence electrons. The minimum atomic E-state index is -0.909. The van der Waals surface area contributed by atoms with Gasteiger partial charge in [0.25, 0.3) is 5.69 Å². The van der Waals surface area contributed by atoms with Crippen LogP contribution in [0.1, 0.15) is 16.6 Å². The van der Waals surface area contributed by atoms with E-state index in [1.807, 2.05) is 0 Å². The molecule has 0 radical (unpaired) electrons. The molecule has 2 rings (SSSR count). The fourth-order valence-corrected chi connectivity index (χ4v) is 2.07. The molecule has 2 aromatic rings. The quantitative estimate of drug-likeness (QED) is 0.511. The molecule has 0 aliphatic carbocycles. The highest BCUT2D eigenvalue weighted by Gasteiger charge is 2.19. The number of ether oxygens (including phenoxy) is 1. The smallest absolute Gasteiger partial charge is 0.330 e. The first-order valence-corrected chi connectivity index (χ1v) is 6.51. The molecule has 0 aliphatic rings. The number of nitro groups is 1. The molecule has 0 saturated heterocycles. The van der Waals surface area contributed by atoms with Crippen LogP contribution in [0.2, 0.25) is 0 Å². The Bertz CT molecular complexity index is 598. The highest BCUT2D eigenvalue weighted by Crippen LogP contribution is 2.16. The molecule has 0 saturated carbocycles. The number of benzene rings is 1. The van der Waals surface area contributed by atoms with E-state index in [-0.39, 0.29) is 12.3 Å². The zero-order valence-corrected chi connectivity index (χ0v) is 11.1. The first-order valence-electron chi connectivity index (χ1n) is 5.63. The number of hydrogen-bond acceptors (Lipinski definition) is 7. The van der Waals surface area contributed by atoms with E-state index in [0.717, 1.165) is 0 Å². The SMILES string of the molecule is NC(C(=O)OCc1ccc([N+](=O)[O-])cc1)c1nccs1. The number of carbonyl (C=O) groups is 1. The topological polar surface area (TPSA) is 108 Å². The molecule has 1 atom stereocenters. The lowest BCUT2D eigenvalue weighted by Crippen LogP contribution is -2.23. The molecule has 0 amide bonds. The number of hydrogen-bond donors (Lipinski definition) is 1. The van der Waals surface area contributed by atoms with Gasteiger partial charge in [-0.05, 0) is 17.7 Å². The summed E-state index contributed by atoms with van der Waals surface area (Å²) in [4.78, 5) is 25.6. The predicted octanol–water partition coefficient (Wildman–Crippen LogP) is 1.79. The molecule has 20 heavy (non-hydrogen) atoms. The summed E-state index contributed by atoms with van der Waals surface area (Å²) in [6.45, 7) is 0.00982. The molecule has 0 fully saturated rings. The number of nitro benzene ring substituents is 1. The summed E-state index contributed by atoms with van der Waals surface area (Å²) in [5.74, 6) is -0.585. The van der Waals surface area contributed by atoms with E-state index in [2.05, 4.69) is 4.98 Å². The Balaban J connectivity index is 1.91. The average Bonchev–Trinajstić information content (AvgIpc) is 2.98. The molecule has 0 spiro atoms. The number of thiazole rings is 1. The van der Waals surface area contributed by atoms with Gasteiger partial charge in [-0.3, -0.25) is 10.1 Å². The first kappa shape index (κ1) is 14.1. The molecule has 1 heterocycles. The summed E-state index contributed by atoms with van der Waals surface area (Å²) in [6.07, 6.45) is 1.56. The van der Waals surface area contributed by atoms with Crippen LogP contribution in [0, 0.1) is 10.1 Å². The van der Waals surface area contributed by atoms with Gasteiger partial charge in [0.2, 0.25) is 0 Å². The summed E-state index contributed by atoms with van der Waals surface area (Å²) >= 11 is 1.27. The highest BCUT2D eigenvalue weighted by atomic mass is 32.1. The molecule has 1 aromatic heterocycles. The second kappa shape index (κ2) is 6.22. The molecular weight excluding hydrogens is 282 g/mol. The lowest BCUT2D eigenvalue weighted by Gasteiger charge is -2.09. The van der Waals surface area contributed by atoms with E-state index in [0.29, 0.717) is 10.6 Å². The second-order valence-electron chi connectivity index (χ2n) is 3.88. The van der Waals surface area contributed by atoms with Gasteiger partial charge in [-0.25, -0.2) is 9.78 Å². The van der Waals surface area contributed by atoms with Gasteiger partial charge >= 0.3 is 5.97 Å². The Morgan fingerprint density at radius 1 is 1.45 bits per heavy atom. The van der Waals surface area contributed by atoms with Crippen LogP contribution in [-0.2, 0) is 16.1 Å². The minimum absolute atomic E-state index is 0.00982. The first-order chi connectivity index (χ1) is 9.58. The summed E-state index contributed by atoms with van der Waals surface area (Å²) in [6, 6.07) is 4.85. The molecule has 1 unspecified atom stereocenters. The van der Waals surface area contributed by atoms with E-state index in [1.165, 1.54) is 35.6 Å². The summed E-state index contributed by atoms with van der Waals surface area (Å²) in [5.41, 5.74) is 6.33. The van der Waals surface area contributed by atoms with Gasteiger partial charge in [0.1, 0.15) is 11.6 Å². The molecule has 1 aromatic carbocycles. The van der Waals surface area contributed by atoms with Crippen molar-refractivity contribution in [2.45, 2.75) is 12.6 Å². The van der Waals surface area contributed by atoms with E-state index in [4.69, 9.17) is 10.5 Å². The van der Waals surface area contributed by atoms with Crippen molar-refractivity contribution in [1.82, 2.24) is 4.98 Å². The van der Waals surface area contributed by atoms with Crippen molar-refractivity contribution in [3.8, 4) is 0 Å². The fourth-order valence-electron chi connectivity index (χ4n) is 1.45. The van der Waals surface area contributed by atoms with E-state index in [1.54, 1.807) is 11.6 Å². The van der Waals surface area contributed by atoms with Gasteiger partial charge in [0, 0.05) is 23.7 Å². The second-order valence-corrected chi connectivity index (χ2v) is 4.81. The number of nitrogens with zero attached hydrogens (tertiary/aromatic N) is 2. The number of rotatable bonds is 5. The standard InChI is InChI=1S/C12H11N3O4S/c13-10(11-14-5-6-20-11)12(16)19-7-8-1-3-9(4-2-8)15(17)18/h1-6,10H,7,13H2. The summed E-state index contributed by atoms with van der Waals surface area (Å²) in [7, 11) is 0. The maximum absolute atomic E-state index is 11.7. The monoisotopic (exact) mass is 293 g/mol. The van der Waals surface area contributed by atoms with Crippen molar-refractivity contribution in [3.05, 3.63) is 56.5 Å². The maximum Gasteiger partial charge on any atom is 0.330 e. The molecule has 0 aliphatic heterocycles. The average molecular weight is 293 g/mol. The fraction of sp³-hybridized carbons (Fsp3) is 0.167. The number of non-ortho nitro benzene ring substituents is 1. The van der Waals surface area contributed by atoms with Crippen molar-refractivity contribution < 1.29 is 14.5 Å². The number of nitrogens with two attached hydrogens (primary N) is 1. The van der Waals surface area contributed by atoms with Gasteiger partial charge in [-0.2, -0.15) is 0 Å². The zero-order valence-electron chi connectivity index (χ0n) is 10.3. The lowest BCUT2D eigenvalue weighted by atomic mass is 10.2. The van der Waals surface area contributed by atoms with E-state index < -0.39 is 16.9 Å². The summed E-state index contributed by atoms with van der Waals surface area (Å²) in [5, 5.41) is 12.7. The van der Waals surface area contributed by atoms with Crippen molar-refractivity contribution in [2.75, 3.05) is 0 Å². The van der Waals surface area contributed by atoms with Gasteiger partial charge < -0.3 is 10.5 Å². The third-order valence-corrected chi connectivity index (χ3v) is 3.36. The van der Waals surface area contributed by atoms with Crippen molar-refractivity contribution >= 4 is 23.0 Å². The Morgan fingerprint density at radius 3 is 2.70 bits per heavy atom. The zero-order chi connectivity index (χ0) is 14.5. The Kier molecular flexibility index (Phi) is 4.38.